The van der Waals surface area contributed by atoms with Gasteiger partial charge >= 0.3 is 0 Å². The predicted molar refractivity (Wildman–Crippen MR) is 36.7 cm³/mol. The Morgan fingerprint density at radius 1 is 1.07 bits per heavy atom. The summed E-state index contributed by atoms with van der Waals surface area (Å²) in [6, 6.07) is 0. The second-order valence-corrected chi connectivity index (χ2v) is 1.99. The molecule has 0 amide bonds. The molecule has 0 heterocycles. The molecule has 0 saturated carbocycles. The lowest BCUT2D eigenvalue weighted by molar-refractivity contribution is -0.794. The molecule has 0 aliphatic carbocycles. The van der Waals surface area contributed by atoms with Crippen LogP contribution in [0.4, 0.5) is 0 Å². The highest BCUT2D eigenvalue weighted by Crippen LogP contribution is 1.95. The van der Waals surface area contributed by atoms with Gasteiger partial charge in [0.1, 0.15) is 6.61 Å². The third-order valence-electron chi connectivity index (χ3n) is 0.954. The van der Waals surface area contributed by atoms with Crippen molar-refractivity contribution in [1.82, 2.24) is 0 Å². The highest BCUT2D eigenvalue weighted by molar-refractivity contribution is 4.49. The van der Waals surface area contributed by atoms with Crippen LogP contribution >= 0.6 is 0 Å². The van der Waals surface area contributed by atoms with Crippen LogP contribution < -0.4 is 0 Å². The van der Waals surface area contributed by atoms with Gasteiger partial charge in [0.05, 0.1) is 0 Å². The van der Waals surface area contributed by atoms with Gasteiger partial charge in [0, 0.05) is 4.92 Å². The fourth-order valence-corrected chi connectivity index (χ4v) is 0.548. The lowest BCUT2D eigenvalue weighted by Crippen LogP contribution is -2.31. The summed E-state index contributed by atoms with van der Waals surface area (Å²) in [5, 5.41) is 26.8. The zero-order valence-electron chi connectivity index (χ0n) is 6.60. The topological polar surface area (TPSA) is 148 Å². The van der Waals surface area contributed by atoms with Gasteiger partial charge in [-0.25, -0.2) is 0 Å². The van der Waals surface area contributed by atoms with E-state index in [0.29, 0.717) is 0 Å². The van der Waals surface area contributed by atoms with E-state index in [2.05, 4.69) is 9.68 Å². The van der Waals surface area contributed by atoms with Crippen LogP contribution in [0.15, 0.2) is 0 Å². The van der Waals surface area contributed by atoms with Crippen LogP contribution in [-0.4, -0.2) is 34.4 Å². The Bertz CT molecular complexity index is 224. The Balaban J connectivity index is 4.03. The maximum Gasteiger partial charge on any atom is 0.295 e. The van der Waals surface area contributed by atoms with Crippen LogP contribution in [-0.2, 0) is 9.68 Å². The van der Waals surface area contributed by atoms with E-state index < -0.39 is 34.4 Å². The molecule has 1 unspecified atom stereocenters. The molecule has 11 nitrogen and oxygen atoms in total. The minimum atomic E-state index is -1.59. The number of hydrogen-bond acceptors (Lipinski definition) is 8. The molecule has 1 atom stereocenters. The summed E-state index contributed by atoms with van der Waals surface area (Å²) in [6.07, 6.45) is -1.59. The van der Waals surface area contributed by atoms with Crippen molar-refractivity contribution < 1.29 is 24.8 Å². The van der Waals surface area contributed by atoms with Gasteiger partial charge in [0.25, 0.3) is 10.2 Å². The van der Waals surface area contributed by atoms with Crippen molar-refractivity contribution in [2.75, 3.05) is 13.2 Å². The van der Waals surface area contributed by atoms with E-state index >= 15 is 0 Å². The summed E-state index contributed by atoms with van der Waals surface area (Å²) in [5.74, 6) is 0. The number of nitro groups is 1. The predicted octanol–water partition coefficient (Wildman–Crippen LogP) is -0.952. The van der Waals surface area contributed by atoms with Crippen LogP contribution in [0.2, 0.25) is 0 Å². The number of nitrogens with zero attached hydrogens (tertiary/aromatic N) is 3. The molecule has 0 spiro atoms. The molecule has 0 N–H and O–H groups in total. The van der Waals surface area contributed by atoms with Gasteiger partial charge in [0.2, 0.25) is 6.54 Å². The normalized spacial score (nSPS) is 11.4. The summed E-state index contributed by atoms with van der Waals surface area (Å²) >= 11 is 0. The summed E-state index contributed by atoms with van der Waals surface area (Å²) in [7, 11) is 0. The van der Waals surface area contributed by atoms with Crippen molar-refractivity contribution in [3.8, 4) is 0 Å². The van der Waals surface area contributed by atoms with Gasteiger partial charge in [-0.15, -0.1) is 20.2 Å². The quantitative estimate of drug-likeness (QED) is 0.386. The molecular formula is C3H5N3O8. The second kappa shape index (κ2) is 5.45. The molecule has 0 aromatic heterocycles. The first-order chi connectivity index (χ1) is 6.41. The summed E-state index contributed by atoms with van der Waals surface area (Å²) in [4.78, 5) is 35.9. The third kappa shape index (κ3) is 6.51. The van der Waals surface area contributed by atoms with E-state index in [1.54, 1.807) is 0 Å². The van der Waals surface area contributed by atoms with E-state index in [-0.39, 0.29) is 0 Å². The molecular weight excluding hydrogens is 206 g/mol. The summed E-state index contributed by atoms with van der Waals surface area (Å²) < 4.78 is 0. The van der Waals surface area contributed by atoms with Crippen molar-refractivity contribution in [3.05, 3.63) is 30.3 Å². The molecule has 0 aromatic carbocycles. The molecule has 11 heteroatoms. The zero-order chi connectivity index (χ0) is 11.1. The van der Waals surface area contributed by atoms with E-state index in [9.17, 15) is 30.3 Å². The van der Waals surface area contributed by atoms with Gasteiger partial charge in [0.15, 0.2) is 6.10 Å². The Hall–Kier alpha value is -2.20. The van der Waals surface area contributed by atoms with Gasteiger partial charge in [-0.2, -0.15) is 0 Å². The van der Waals surface area contributed by atoms with Gasteiger partial charge in [-0.05, 0) is 0 Å². The van der Waals surface area contributed by atoms with E-state index in [4.69, 9.17) is 0 Å². The average Bonchev–Trinajstić information content (AvgIpc) is 1.97. The standard InChI is InChI=1S/C3H5N3O8/c7-4(8)1-3(14-6(11)12)2-13-5(9)10/h3H,1-2H2. The molecule has 0 fully saturated rings. The second-order valence-electron chi connectivity index (χ2n) is 1.99. The Morgan fingerprint density at radius 2 is 1.64 bits per heavy atom. The average molecular weight is 211 g/mol. The van der Waals surface area contributed by atoms with Crippen molar-refractivity contribution in [1.29, 1.82) is 0 Å². The lowest BCUT2D eigenvalue weighted by atomic mass is 10.4. The smallest absolute Gasteiger partial charge is 0.295 e. The molecule has 0 bridgehead atoms. The van der Waals surface area contributed by atoms with Crippen LogP contribution in [0.25, 0.3) is 0 Å². The molecule has 0 saturated heterocycles. The van der Waals surface area contributed by atoms with Gasteiger partial charge in [-0.1, -0.05) is 0 Å². The maximum atomic E-state index is 9.91. The first-order valence-corrected chi connectivity index (χ1v) is 3.12. The number of hydrogen-bond donors (Lipinski definition) is 0. The Kier molecular flexibility index (Phi) is 4.59. The van der Waals surface area contributed by atoms with Gasteiger partial charge in [-0.3, -0.25) is 10.1 Å². The number of rotatable bonds is 7. The van der Waals surface area contributed by atoms with Gasteiger partial charge < -0.3 is 9.68 Å². The lowest BCUT2D eigenvalue weighted by Gasteiger charge is -2.08. The summed E-state index contributed by atoms with van der Waals surface area (Å²) in [5.41, 5.74) is 0. The first kappa shape index (κ1) is 11.8. The Labute approximate surface area is 75.6 Å². The highest BCUT2D eigenvalue weighted by Gasteiger charge is 2.21. The SMILES string of the molecule is O=[N+]([O-])CC(CO[N+](=O)[O-])O[N+](=O)[O-]. The zero-order valence-corrected chi connectivity index (χ0v) is 6.60. The van der Waals surface area contributed by atoms with E-state index in [1.165, 1.54) is 0 Å². The molecule has 0 aromatic rings. The summed E-state index contributed by atoms with van der Waals surface area (Å²) in [6.45, 7) is -1.82. The van der Waals surface area contributed by atoms with E-state index in [1.807, 2.05) is 0 Å². The van der Waals surface area contributed by atoms with Crippen LogP contribution in [0.3, 0.4) is 0 Å². The van der Waals surface area contributed by atoms with Crippen molar-refractivity contribution in [3.63, 3.8) is 0 Å². The molecule has 0 aliphatic rings. The van der Waals surface area contributed by atoms with Crippen molar-refractivity contribution >= 4 is 0 Å². The minimum Gasteiger partial charge on any atom is -0.311 e. The van der Waals surface area contributed by atoms with Crippen LogP contribution in [0.5, 0.6) is 0 Å². The molecule has 80 valence electrons. The Morgan fingerprint density at radius 3 is 2.00 bits per heavy atom. The van der Waals surface area contributed by atoms with Crippen molar-refractivity contribution in [2.24, 2.45) is 0 Å². The van der Waals surface area contributed by atoms with Crippen LogP contribution in [0, 0.1) is 30.3 Å². The highest BCUT2D eigenvalue weighted by atomic mass is 17.0. The van der Waals surface area contributed by atoms with Crippen molar-refractivity contribution in [2.45, 2.75) is 6.10 Å². The van der Waals surface area contributed by atoms with Crippen LogP contribution in [0.1, 0.15) is 0 Å². The monoisotopic (exact) mass is 211 g/mol. The third-order valence-corrected chi connectivity index (χ3v) is 0.954. The molecule has 0 radical (unpaired) electrons. The fourth-order valence-electron chi connectivity index (χ4n) is 0.548. The molecule has 0 rings (SSSR count). The first-order valence-electron chi connectivity index (χ1n) is 3.12. The maximum absolute atomic E-state index is 9.91. The van der Waals surface area contributed by atoms with E-state index in [0.717, 1.165) is 0 Å². The molecule has 14 heavy (non-hydrogen) atoms. The molecule has 0 aliphatic heterocycles. The largest absolute Gasteiger partial charge is 0.311 e. The fraction of sp³-hybridized carbons (Fsp3) is 1.00. The minimum absolute atomic E-state index is 0.866.